The Morgan fingerprint density at radius 3 is 2.70 bits per heavy atom. The van der Waals surface area contributed by atoms with Gasteiger partial charge in [0, 0.05) is 6.61 Å². The summed E-state index contributed by atoms with van der Waals surface area (Å²) in [4.78, 5) is 0. The van der Waals surface area contributed by atoms with Gasteiger partial charge < -0.3 is 20.1 Å². The molecule has 0 aromatic rings. The van der Waals surface area contributed by atoms with Crippen molar-refractivity contribution in [3.8, 4) is 0 Å². The molecule has 4 heteroatoms. The van der Waals surface area contributed by atoms with Gasteiger partial charge in [0.05, 0.1) is 12.7 Å². The van der Waals surface area contributed by atoms with E-state index in [2.05, 4.69) is 0 Å². The Morgan fingerprint density at radius 2 is 2.30 bits per heavy atom. The highest BCUT2D eigenvalue weighted by Crippen LogP contribution is 2.15. The molecule has 1 saturated heterocycles. The predicted molar refractivity (Wildman–Crippen MR) is 33.5 cm³/mol. The van der Waals surface area contributed by atoms with E-state index in [1.807, 2.05) is 0 Å². The largest absolute Gasteiger partial charge is 0.394 e. The molecule has 0 aliphatic carbocycles. The van der Waals surface area contributed by atoms with Crippen LogP contribution in [0.15, 0.2) is 0 Å². The van der Waals surface area contributed by atoms with E-state index in [-0.39, 0.29) is 6.61 Å². The third-order valence-corrected chi connectivity index (χ3v) is 1.67. The van der Waals surface area contributed by atoms with E-state index in [1.54, 1.807) is 0 Å². The molecule has 0 aromatic heterocycles. The number of hydrogen-bond acceptors (Lipinski definition) is 4. The van der Waals surface area contributed by atoms with Gasteiger partial charge in [0.25, 0.3) is 0 Å². The first-order valence-corrected chi connectivity index (χ1v) is 3.34. The van der Waals surface area contributed by atoms with Gasteiger partial charge in [-0.3, -0.25) is 0 Å². The first-order valence-electron chi connectivity index (χ1n) is 3.34. The number of aliphatic hydroxyl groups is 3. The lowest BCUT2D eigenvalue weighted by Gasteiger charge is -2.17. The Morgan fingerprint density at radius 1 is 1.60 bits per heavy atom. The summed E-state index contributed by atoms with van der Waals surface area (Å²) < 4.78 is 4.96. The molecular formula is C6H12O4. The highest BCUT2D eigenvalue weighted by Gasteiger charge is 2.31. The minimum Gasteiger partial charge on any atom is -0.394 e. The average Bonchev–Trinajstić information content (AvgIpc) is 2.34. The molecule has 4 nitrogen and oxygen atoms in total. The molecule has 0 aromatic carbocycles. The summed E-state index contributed by atoms with van der Waals surface area (Å²) in [5, 5.41) is 26.6. The summed E-state index contributed by atoms with van der Waals surface area (Å²) in [5.41, 5.74) is 0. The normalized spacial score (nSPS) is 36.3. The van der Waals surface area contributed by atoms with E-state index in [0.717, 1.165) is 0 Å². The zero-order valence-corrected chi connectivity index (χ0v) is 5.60. The third-order valence-electron chi connectivity index (χ3n) is 1.67. The Hall–Kier alpha value is -0.160. The molecule has 0 radical (unpaired) electrons. The number of hydrogen-bond donors (Lipinski definition) is 3. The predicted octanol–water partition coefficient (Wildman–Crippen LogP) is -1.51. The lowest BCUT2D eigenvalue weighted by Crippen LogP contribution is -2.36. The molecule has 60 valence electrons. The van der Waals surface area contributed by atoms with Crippen LogP contribution in [0.25, 0.3) is 0 Å². The molecule has 1 heterocycles. The van der Waals surface area contributed by atoms with Gasteiger partial charge in [-0.2, -0.15) is 0 Å². The molecule has 1 aliphatic heterocycles. The smallest absolute Gasteiger partial charge is 0.111 e. The maximum Gasteiger partial charge on any atom is 0.111 e. The van der Waals surface area contributed by atoms with Gasteiger partial charge >= 0.3 is 0 Å². The SMILES string of the molecule is OCC(O)[C@H]1OCC[C@H]1O. The average molecular weight is 148 g/mol. The lowest BCUT2D eigenvalue weighted by atomic mass is 10.1. The van der Waals surface area contributed by atoms with Crippen molar-refractivity contribution in [2.45, 2.75) is 24.7 Å². The van der Waals surface area contributed by atoms with Gasteiger partial charge in [0.2, 0.25) is 0 Å². The van der Waals surface area contributed by atoms with Crippen LogP contribution in [-0.2, 0) is 4.74 Å². The molecule has 10 heavy (non-hydrogen) atoms. The molecule has 0 bridgehead atoms. The van der Waals surface area contributed by atoms with Gasteiger partial charge in [0.1, 0.15) is 12.2 Å². The minimum absolute atomic E-state index is 0.359. The molecule has 3 N–H and O–H groups in total. The van der Waals surface area contributed by atoms with Gasteiger partial charge in [-0.25, -0.2) is 0 Å². The lowest BCUT2D eigenvalue weighted by molar-refractivity contribution is -0.0645. The third kappa shape index (κ3) is 1.46. The highest BCUT2D eigenvalue weighted by atomic mass is 16.5. The topological polar surface area (TPSA) is 69.9 Å². The zero-order chi connectivity index (χ0) is 7.56. The molecule has 0 amide bonds. The number of ether oxygens (including phenoxy) is 1. The van der Waals surface area contributed by atoms with Crippen LogP contribution in [0.5, 0.6) is 0 Å². The zero-order valence-electron chi connectivity index (χ0n) is 5.60. The molecule has 1 rings (SSSR count). The first kappa shape index (κ1) is 7.94. The first-order chi connectivity index (χ1) is 4.75. The summed E-state index contributed by atoms with van der Waals surface area (Å²) >= 11 is 0. The second-order valence-corrected chi connectivity index (χ2v) is 2.44. The fourth-order valence-corrected chi connectivity index (χ4v) is 1.07. The van der Waals surface area contributed by atoms with Crippen molar-refractivity contribution >= 4 is 0 Å². The summed E-state index contributed by atoms with van der Waals surface area (Å²) in [6, 6.07) is 0. The van der Waals surface area contributed by atoms with E-state index < -0.39 is 18.3 Å². The molecule has 0 saturated carbocycles. The second kappa shape index (κ2) is 3.30. The Kier molecular flexibility index (Phi) is 2.62. The summed E-state index contributed by atoms with van der Waals surface area (Å²) in [7, 11) is 0. The van der Waals surface area contributed by atoms with Crippen molar-refractivity contribution in [3.05, 3.63) is 0 Å². The Labute approximate surface area is 59.1 Å². The van der Waals surface area contributed by atoms with Gasteiger partial charge in [-0.15, -0.1) is 0 Å². The molecule has 1 fully saturated rings. The summed E-state index contributed by atoms with van der Waals surface area (Å²) in [5.74, 6) is 0. The van der Waals surface area contributed by atoms with Crippen LogP contribution in [0.2, 0.25) is 0 Å². The van der Waals surface area contributed by atoms with Gasteiger partial charge in [0.15, 0.2) is 0 Å². The Bertz CT molecular complexity index is 106. The van der Waals surface area contributed by atoms with E-state index in [4.69, 9.17) is 20.1 Å². The van der Waals surface area contributed by atoms with Gasteiger partial charge in [-0.05, 0) is 6.42 Å². The second-order valence-electron chi connectivity index (χ2n) is 2.44. The number of aliphatic hydroxyl groups excluding tert-OH is 3. The van der Waals surface area contributed by atoms with Crippen LogP contribution in [0.4, 0.5) is 0 Å². The summed E-state index contributed by atoms with van der Waals surface area (Å²) in [6.07, 6.45) is -1.62. The van der Waals surface area contributed by atoms with Crippen molar-refractivity contribution in [1.29, 1.82) is 0 Å². The van der Waals surface area contributed by atoms with E-state index in [0.29, 0.717) is 13.0 Å². The Balaban J connectivity index is 2.38. The van der Waals surface area contributed by atoms with Crippen LogP contribution < -0.4 is 0 Å². The van der Waals surface area contributed by atoms with Crippen LogP contribution in [0.3, 0.4) is 0 Å². The molecule has 1 unspecified atom stereocenters. The molecule has 3 atom stereocenters. The van der Waals surface area contributed by atoms with E-state index >= 15 is 0 Å². The standard InChI is InChI=1S/C6H12O4/c7-3-5(9)6-4(8)1-2-10-6/h4-9H,1-3H2/t4-,5?,6+/m1/s1. The fraction of sp³-hybridized carbons (Fsp3) is 1.00. The molecule has 1 aliphatic rings. The molecular weight excluding hydrogens is 136 g/mol. The minimum atomic E-state index is -0.947. The maximum atomic E-state index is 9.09. The van der Waals surface area contributed by atoms with Crippen molar-refractivity contribution in [1.82, 2.24) is 0 Å². The highest BCUT2D eigenvalue weighted by molar-refractivity contribution is 4.80. The van der Waals surface area contributed by atoms with Gasteiger partial charge in [-0.1, -0.05) is 0 Å². The van der Waals surface area contributed by atoms with Crippen LogP contribution in [-0.4, -0.2) is 46.8 Å². The molecule has 0 spiro atoms. The van der Waals surface area contributed by atoms with E-state index in [1.165, 1.54) is 0 Å². The van der Waals surface area contributed by atoms with Crippen molar-refractivity contribution < 1.29 is 20.1 Å². The van der Waals surface area contributed by atoms with Crippen molar-refractivity contribution in [2.24, 2.45) is 0 Å². The van der Waals surface area contributed by atoms with Crippen molar-refractivity contribution in [3.63, 3.8) is 0 Å². The van der Waals surface area contributed by atoms with Crippen LogP contribution in [0, 0.1) is 0 Å². The monoisotopic (exact) mass is 148 g/mol. The van der Waals surface area contributed by atoms with Crippen molar-refractivity contribution in [2.75, 3.05) is 13.2 Å². The maximum absolute atomic E-state index is 9.09. The van der Waals surface area contributed by atoms with E-state index in [9.17, 15) is 0 Å². The fourth-order valence-electron chi connectivity index (χ4n) is 1.07. The quantitative estimate of drug-likeness (QED) is 0.445. The number of rotatable bonds is 2. The summed E-state index contributed by atoms with van der Waals surface area (Å²) in [6.45, 7) is 0.102. The van der Waals surface area contributed by atoms with Crippen LogP contribution in [0.1, 0.15) is 6.42 Å². The van der Waals surface area contributed by atoms with Crippen LogP contribution >= 0.6 is 0 Å².